The third-order valence-corrected chi connectivity index (χ3v) is 3.72. The number of aromatic nitrogens is 1. The average Bonchev–Trinajstić information content (AvgIpc) is 2.47. The van der Waals surface area contributed by atoms with Crippen molar-refractivity contribution in [2.24, 2.45) is 0 Å². The molecule has 7 heteroatoms. The Balaban J connectivity index is 1.91. The smallest absolute Gasteiger partial charge is 0.357 e. The first kappa shape index (κ1) is 15.8. The van der Waals surface area contributed by atoms with Crippen molar-refractivity contribution in [1.29, 1.82) is 0 Å². The number of hydrogen-bond donors (Lipinski definition) is 1. The Morgan fingerprint density at radius 1 is 1.33 bits per heavy atom. The number of likely N-dealkylation sites (tertiary alicyclic amines) is 1. The molecule has 1 saturated heterocycles. The Labute approximate surface area is 121 Å². The molecule has 2 heterocycles. The van der Waals surface area contributed by atoms with E-state index in [2.05, 4.69) is 15.2 Å². The number of halogens is 3. The molecule has 1 N–H and O–H groups in total. The number of carbonyl (C=O) groups excluding carboxylic acids is 1. The summed E-state index contributed by atoms with van der Waals surface area (Å²) in [7, 11) is 0. The third-order valence-electron chi connectivity index (χ3n) is 3.72. The summed E-state index contributed by atoms with van der Waals surface area (Å²) in [5.74, 6) is 0.0718. The van der Waals surface area contributed by atoms with Gasteiger partial charge in [0.25, 0.3) is 0 Å². The molecule has 1 aromatic rings. The van der Waals surface area contributed by atoms with Crippen LogP contribution in [-0.4, -0.2) is 42.5 Å². The molecule has 1 fully saturated rings. The fraction of sp³-hybridized carbons (Fsp3) is 0.571. The lowest BCUT2D eigenvalue weighted by molar-refractivity contribution is -0.141. The molecule has 1 aromatic heterocycles. The van der Waals surface area contributed by atoms with Gasteiger partial charge >= 0.3 is 6.18 Å². The number of nitrogens with zero attached hydrogens (tertiary/aromatic N) is 2. The molecule has 0 unspecified atom stereocenters. The van der Waals surface area contributed by atoms with E-state index in [9.17, 15) is 18.0 Å². The Hall–Kier alpha value is -1.63. The van der Waals surface area contributed by atoms with Crippen molar-refractivity contribution in [3.8, 4) is 0 Å². The maximum absolute atomic E-state index is 12.7. The fourth-order valence-electron chi connectivity index (χ4n) is 2.57. The first-order valence-corrected chi connectivity index (χ1v) is 6.94. The molecule has 0 spiro atoms. The molecule has 1 amide bonds. The fourth-order valence-corrected chi connectivity index (χ4v) is 2.57. The minimum Gasteiger partial charge on any atom is -0.357 e. The van der Waals surface area contributed by atoms with Crippen LogP contribution in [0.2, 0.25) is 0 Å². The molecule has 0 aromatic carbocycles. The molecule has 116 valence electrons. The van der Waals surface area contributed by atoms with E-state index in [1.807, 2.05) is 0 Å². The Morgan fingerprint density at radius 3 is 2.67 bits per heavy atom. The number of carbonyl (C=O) groups is 1. The lowest BCUT2D eigenvalue weighted by atomic mass is 9.93. The number of amides is 1. The van der Waals surface area contributed by atoms with E-state index >= 15 is 0 Å². The van der Waals surface area contributed by atoms with Crippen LogP contribution in [0.1, 0.15) is 30.1 Å². The summed E-state index contributed by atoms with van der Waals surface area (Å²) in [6.07, 6.45) is -2.15. The maximum atomic E-state index is 12.7. The van der Waals surface area contributed by atoms with E-state index in [0.29, 0.717) is 18.6 Å². The van der Waals surface area contributed by atoms with Crippen LogP contribution in [0.4, 0.5) is 13.2 Å². The van der Waals surface area contributed by atoms with E-state index in [1.165, 1.54) is 6.07 Å². The lowest BCUT2D eigenvalue weighted by Gasteiger charge is -2.31. The van der Waals surface area contributed by atoms with E-state index < -0.39 is 11.9 Å². The van der Waals surface area contributed by atoms with Crippen molar-refractivity contribution >= 4 is 6.41 Å². The van der Waals surface area contributed by atoms with Gasteiger partial charge in [0.2, 0.25) is 6.41 Å². The minimum absolute atomic E-state index is 0.0718. The van der Waals surface area contributed by atoms with Crippen LogP contribution in [-0.2, 0) is 11.0 Å². The van der Waals surface area contributed by atoms with E-state index in [4.69, 9.17) is 0 Å². The zero-order valence-corrected chi connectivity index (χ0v) is 11.6. The molecule has 0 saturated carbocycles. The Kier molecular flexibility index (Phi) is 5.17. The van der Waals surface area contributed by atoms with Gasteiger partial charge in [0.15, 0.2) is 0 Å². The van der Waals surface area contributed by atoms with Crippen LogP contribution in [0.25, 0.3) is 0 Å². The van der Waals surface area contributed by atoms with Crippen molar-refractivity contribution in [2.45, 2.75) is 24.9 Å². The summed E-state index contributed by atoms with van der Waals surface area (Å²) in [5, 5.41) is 2.60. The van der Waals surface area contributed by atoms with Gasteiger partial charge in [-0.25, -0.2) is 4.98 Å². The van der Waals surface area contributed by atoms with Crippen molar-refractivity contribution in [3.05, 3.63) is 29.6 Å². The van der Waals surface area contributed by atoms with Gasteiger partial charge in [0.1, 0.15) is 5.69 Å². The largest absolute Gasteiger partial charge is 0.433 e. The second-order valence-electron chi connectivity index (χ2n) is 5.13. The van der Waals surface area contributed by atoms with Crippen molar-refractivity contribution in [3.63, 3.8) is 0 Å². The average molecular weight is 301 g/mol. The molecule has 2 rings (SSSR count). The SMILES string of the molecule is O=CNCCN1CCC(c2cccc(C(F)(F)F)n2)CC1. The Morgan fingerprint density at radius 2 is 2.05 bits per heavy atom. The standard InChI is InChI=1S/C14H18F3N3O/c15-14(16,17)13-3-1-2-12(19-13)11-4-7-20(8-5-11)9-6-18-10-21/h1-3,10-11H,4-9H2,(H,18,21). The number of alkyl halides is 3. The summed E-state index contributed by atoms with van der Waals surface area (Å²) in [6.45, 7) is 2.98. The molecule has 1 aliphatic heterocycles. The normalized spacial score (nSPS) is 17.7. The van der Waals surface area contributed by atoms with Crippen LogP contribution in [0, 0.1) is 0 Å². The predicted molar refractivity (Wildman–Crippen MR) is 71.7 cm³/mol. The van der Waals surface area contributed by atoms with Crippen LogP contribution in [0.15, 0.2) is 18.2 Å². The summed E-state index contributed by atoms with van der Waals surface area (Å²) >= 11 is 0. The molecule has 21 heavy (non-hydrogen) atoms. The molecule has 4 nitrogen and oxygen atoms in total. The zero-order chi connectivity index (χ0) is 15.3. The number of pyridine rings is 1. The maximum Gasteiger partial charge on any atom is 0.433 e. The van der Waals surface area contributed by atoms with Gasteiger partial charge in [-0.15, -0.1) is 0 Å². The number of hydrogen-bond acceptors (Lipinski definition) is 3. The second-order valence-corrected chi connectivity index (χ2v) is 5.13. The summed E-state index contributed by atoms with van der Waals surface area (Å²) in [4.78, 5) is 16.1. The summed E-state index contributed by atoms with van der Waals surface area (Å²) in [5.41, 5.74) is -0.298. The first-order chi connectivity index (χ1) is 10.0. The van der Waals surface area contributed by atoms with Gasteiger partial charge in [0, 0.05) is 24.7 Å². The highest BCUT2D eigenvalue weighted by Gasteiger charge is 2.33. The van der Waals surface area contributed by atoms with Crippen LogP contribution in [0.3, 0.4) is 0 Å². The third kappa shape index (κ3) is 4.42. The van der Waals surface area contributed by atoms with Crippen molar-refractivity contribution in [2.75, 3.05) is 26.2 Å². The van der Waals surface area contributed by atoms with Gasteiger partial charge in [-0.2, -0.15) is 13.2 Å². The van der Waals surface area contributed by atoms with Crippen LogP contribution in [0.5, 0.6) is 0 Å². The number of nitrogens with one attached hydrogen (secondary N) is 1. The molecular weight excluding hydrogens is 283 g/mol. The zero-order valence-electron chi connectivity index (χ0n) is 11.6. The molecular formula is C14H18F3N3O. The number of piperidine rings is 1. The molecule has 0 aliphatic carbocycles. The molecule has 0 bridgehead atoms. The van der Waals surface area contributed by atoms with Gasteiger partial charge in [-0.3, -0.25) is 4.79 Å². The topological polar surface area (TPSA) is 45.2 Å². The monoisotopic (exact) mass is 301 g/mol. The number of rotatable bonds is 5. The Bertz CT molecular complexity index is 471. The highest BCUT2D eigenvalue weighted by atomic mass is 19.4. The van der Waals surface area contributed by atoms with Gasteiger partial charge in [-0.05, 0) is 38.1 Å². The van der Waals surface area contributed by atoms with Gasteiger partial charge in [0.05, 0.1) is 0 Å². The first-order valence-electron chi connectivity index (χ1n) is 6.94. The summed E-state index contributed by atoms with van der Waals surface area (Å²) < 4.78 is 38.0. The lowest BCUT2D eigenvalue weighted by Crippen LogP contribution is -2.37. The van der Waals surface area contributed by atoms with Gasteiger partial charge in [-0.1, -0.05) is 6.07 Å². The molecule has 1 aliphatic rings. The van der Waals surface area contributed by atoms with Crippen molar-refractivity contribution < 1.29 is 18.0 Å². The van der Waals surface area contributed by atoms with Crippen LogP contribution >= 0.6 is 0 Å². The van der Waals surface area contributed by atoms with Crippen molar-refractivity contribution in [1.82, 2.24) is 15.2 Å². The molecule has 0 atom stereocenters. The minimum atomic E-state index is -4.39. The van der Waals surface area contributed by atoms with Gasteiger partial charge < -0.3 is 10.2 Å². The van der Waals surface area contributed by atoms with E-state index in [0.717, 1.165) is 38.5 Å². The van der Waals surface area contributed by atoms with E-state index in [1.54, 1.807) is 6.07 Å². The predicted octanol–water partition coefficient (Wildman–Crippen LogP) is 2.03. The highest BCUT2D eigenvalue weighted by Crippen LogP contribution is 2.31. The summed E-state index contributed by atoms with van der Waals surface area (Å²) in [6, 6.07) is 4.10. The quantitative estimate of drug-likeness (QED) is 0.668. The van der Waals surface area contributed by atoms with Crippen LogP contribution < -0.4 is 5.32 Å². The second kappa shape index (κ2) is 6.89. The highest BCUT2D eigenvalue weighted by molar-refractivity contribution is 5.45. The van der Waals surface area contributed by atoms with E-state index in [-0.39, 0.29) is 5.92 Å². The molecule has 0 radical (unpaired) electrons.